The number of alkyl halides is 3. The summed E-state index contributed by atoms with van der Waals surface area (Å²) in [5.74, 6) is 0.136. The third-order valence-electron chi connectivity index (χ3n) is 4.36. The van der Waals surface area contributed by atoms with Crippen LogP contribution in [0.15, 0.2) is 24.3 Å². The molecule has 1 heterocycles. The van der Waals surface area contributed by atoms with Crippen molar-refractivity contribution in [3.8, 4) is 0 Å². The molecule has 0 aliphatic heterocycles. The van der Waals surface area contributed by atoms with Crippen LogP contribution in [0.1, 0.15) is 55.4 Å². The molecule has 0 radical (unpaired) electrons. The fraction of sp³-hybridized carbons (Fsp3) is 0.529. The van der Waals surface area contributed by atoms with E-state index < -0.39 is 23.2 Å². The van der Waals surface area contributed by atoms with E-state index in [0.29, 0.717) is 9.58 Å². The summed E-state index contributed by atoms with van der Waals surface area (Å²) in [5, 5.41) is 0.789. The lowest BCUT2D eigenvalue weighted by Gasteiger charge is -2.05. The molecule has 1 fully saturated rings. The van der Waals surface area contributed by atoms with E-state index in [2.05, 4.69) is 6.92 Å². The Bertz CT molecular complexity index is 721. The van der Waals surface area contributed by atoms with Gasteiger partial charge < -0.3 is 17.3 Å². The van der Waals surface area contributed by atoms with Gasteiger partial charge in [0.2, 0.25) is 0 Å². The topological polar surface area (TPSA) is 0 Å². The van der Waals surface area contributed by atoms with E-state index in [-0.39, 0.29) is 5.92 Å². The molecular formula is C17H20BF7S. The summed E-state index contributed by atoms with van der Waals surface area (Å²) in [4.78, 5) is 0.642. The predicted octanol–water partition coefficient (Wildman–Crippen LogP) is 7.98. The Hall–Kier alpha value is -1.25. The smallest absolute Gasteiger partial charge is 0.418 e. The van der Waals surface area contributed by atoms with Gasteiger partial charge in [0.1, 0.15) is 0 Å². The lowest BCUT2D eigenvalue weighted by Crippen LogP contribution is -2.02. The number of halogens is 7. The van der Waals surface area contributed by atoms with Gasteiger partial charge in [-0.15, -0.1) is 13.2 Å². The highest BCUT2D eigenvalue weighted by Gasteiger charge is 2.49. The quantitative estimate of drug-likeness (QED) is 0.278. The summed E-state index contributed by atoms with van der Waals surface area (Å²) < 4.78 is 80.4. The summed E-state index contributed by atoms with van der Waals surface area (Å²) >= 11 is 0. The molecule has 0 N–H and O–H groups in total. The van der Waals surface area contributed by atoms with Gasteiger partial charge in [-0.05, 0) is 30.9 Å². The highest BCUT2D eigenvalue weighted by Crippen LogP contribution is 2.55. The number of thiophene rings is 1. The van der Waals surface area contributed by atoms with Gasteiger partial charge in [0.05, 0.1) is 10.5 Å². The molecule has 1 saturated carbocycles. The van der Waals surface area contributed by atoms with Gasteiger partial charge in [-0.1, -0.05) is 32.3 Å². The molecule has 0 bridgehead atoms. The normalized spacial score (nSPS) is 16.7. The van der Waals surface area contributed by atoms with Crippen LogP contribution in [0, 0.1) is 0 Å². The molecule has 0 amide bonds. The fourth-order valence-corrected chi connectivity index (χ4v) is 5.63. The summed E-state index contributed by atoms with van der Waals surface area (Å²) in [5.41, 5.74) is -3.12. The molecule has 0 saturated heterocycles. The van der Waals surface area contributed by atoms with E-state index >= 15 is 0 Å². The molecule has 9 heteroatoms. The van der Waals surface area contributed by atoms with Crippen molar-refractivity contribution in [2.75, 3.05) is 0 Å². The molecule has 146 valence electrons. The van der Waals surface area contributed by atoms with Crippen molar-refractivity contribution in [1.82, 2.24) is 0 Å². The summed E-state index contributed by atoms with van der Waals surface area (Å²) in [6.07, 6.45) is 5.77. The van der Waals surface area contributed by atoms with Crippen molar-refractivity contribution in [1.29, 1.82) is 0 Å². The zero-order valence-corrected chi connectivity index (χ0v) is 15.1. The van der Waals surface area contributed by atoms with Crippen LogP contribution in [0.5, 0.6) is 0 Å². The second kappa shape index (κ2) is 8.19. The van der Waals surface area contributed by atoms with Crippen molar-refractivity contribution >= 4 is 27.8 Å². The predicted molar refractivity (Wildman–Crippen MR) is 93.1 cm³/mol. The lowest BCUT2D eigenvalue weighted by atomic mass is 10.1. The van der Waals surface area contributed by atoms with Crippen LogP contribution < -0.4 is 0 Å². The number of rotatable bonds is 3. The Morgan fingerprint density at radius 1 is 1.04 bits per heavy atom. The number of benzene rings is 1. The van der Waals surface area contributed by atoms with E-state index in [1.165, 1.54) is 0 Å². The van der Waals surface area contributed by atoms with E-state index in [4.69, 9.17) is 0 Å². The highest BCUT2D eigenvalue weighted by atomic mass is 32.2. The highest BCUT2D eigenvalue weighted by molar-refractivity contribution is 7.38. The van der Waals surface area contributed by atoms with E-state index in [1.807, 2.05) is 18.2 Å². The second-order valence-corrected chi connectivity index (χ2v) is 8.38. The average molecular weight is 400 g/mol. The Kier molecular flexibility index (Phi) is 6.63. The molecule has 0 nitrogen and oxygen atoms in total. The zero-order valence-electron chi connectivity index (χ0n) is 14.3. The number of aryl methyl sites for hydroxylation is 1. The van der Waals surface area contributed by atoms with E-state index in [1.54, 1.807) is 6.07 Å². The fourth-order valence-electron chi connectivity index (χ4n) is 3.41. The molecule has 1 aliphatic rings. The van der Waals surface area contributed by atoms with E-state index in [9.17, 15) is 30.4 Å². The molecule has 0 spiro atoms. The lowest BCUT2D eigenvalue weighted by molar-refractivity contribution is -0.0868. The Morgan fingerprint density at radius 2 is 1.62 bits per heavy atom. The first-order valence-corrected chi connectivity index (χ1v) is 9.76. The molecule has 1 atom stereocenters. The summed E-state index contributed by atoms with van der Waals surface area (Å²) in [7, 11) is -7.70. The molecule has 26 heavy (non-hydrogen) atoms. The van der Waals surface area contributed by atoms with Crippen molar-refractivity contribution in [2.24, 2.45) is 0 Å². The molecular weight excluding hydrogens is 380 g/mol. The van der Waals surface area contributed by atoms with Gasteiger partial charge in [-0.2, -0.15) is 0 Å². The Balaban J connectivity index is 0.000000431. The van der Waals surface area contributed by atoms with Gasteiger partial charge in [0, 0.05) is 23.4 Å². The SMILES string of the molecule is CCCc1ccc2cc(C3CCCC3)[s+](C(F)(F)F)c2c1.F[B-](F)(F)F. The molecule has 3 rings (SSSR count). The zero-order chi connectivity index (χ0) is 19.5. The van der Waals surface area contributed by atoms with E-state index in [0.717, 1.165) is 49.5 Å². The molecule has 1 aliphatic carbocycles. The van der Waals surface area contributed by atoms with Gasteiger partial charge >= 0.3 is 12.8 Å². The van der Waals surface area contributed by atoms with Crippen molar-refractivity contribution in [2.45, 2.75) is 56.9 Å². The first-order chi connectivity index (χ1) is 12.0. The van der Waals surface area contributed by atoms with Crippen molar-refractivity contribution in [3.05, 3.63) is 34.7 Å². The third kappa shape index (κ3) is 5.63. The first kappa shape index (κ1) is 21.1. The van der Waals surface area contributed by atoms with Gasteiger partial charge in [0.15, 0.2) is 9.58 Å². The maximum Gasteiger partial charge on any atom is 0.673 e. The Labute approximate surface area is 150 Å². The first-order valence-electron chi connectivity index (χ1n) is 8.53. The largest absolute Gasteiger partial charge is 0.673 e. The molecule has 2 aromatic rings. The maximum absolute atomic E-state index is 13.6. The Morgan fingerprint density at radius 3 is 2.12 bits per heavy atom. The third-order valence-corrected chi connectivity index (χ3v) is 6.54. The number of hydrogen-bond acceptors (Lipinski definition) is 0. The summed E-state index contributed by atoms with van der Waals surface area (Å²) in [6.45, 7) is 2.05. The monoisotopic (exact) mass is 400 g/mol. The molecule has 1 aromatic carbocycles. The minimum Gasteiger partial charge on any atom is -0.418 e. The number of hydrogen-bond donors (Lipinski definition) is 0. The van der Waals surface area contributed by atoms with Crippen LogP contribution >= 0.6 is 10.5 Å². The number of fused-ring (bicyclic) bond motifs is 1. The average Bonchev–Trinajstić information content (AvgIpc) is 3.11. The van der Waals surface area contributed by atoms with Crippen molar-refractivity contribution in [3.63, 3.8) is 0 Å². The van der Waals surface area contributed by atoms with Crippen LogP contribution in [0.2, 0.25) is 0 Å². The minimum absolute atomic E-state index is 0.136. The van der Waals surface area contributed by atoms with Crippen LogP contribution in [-0.2, 0) is 11.9 Å². The van der Waals surface area contributed by atoms with Crippen LogP contribution in [0.3, 0.4) is 0 Å². The summed E-state index contributed by atoms with van der Waals surface area (Å²) in [6, 6.07) is 7.49. The van der Waals surface area contributed by atoms with Crippen LogP contribution in [0.25, 0.3) is 10.1 Å². The molecule has 1 aromatic heterocycles. The molecule has 1 unspecified atom stereocenters. The van der Waals surface area contributed by atoms with Crippen LogP contribution in [-0.4, -0.2) is 7.25 Å². The minimum atomic E-state index is -6.00. The van der Waals surface area contributed by atoms with Crippen LogP contribution in [0.4, 0.5) is 30.4 Å². The van der Waals surface area contributed by atoms with Gasteiger partial charge in [-0.3, -0.25) is 0 Å². The maximum atomic E-state index is 13.6. The van der Waals surface area contributed by atoms with Crippen molar-refractivity contribution < 1.29 is 30.4 Å². The standard InChI is InChI=1S/C17H20F3S.BF4/c1-2-5-12-8-9-14-11-16(13-6-3-4-7-13)21(15(14)10-12)17(18,19)20;2-1(3,4)5/h8-11,13H,2-7H2,1H3;/q+1;-1. The second-order valence-electron chi connectivity index (χ2n) is 6.40. The van der Waals surface area contributed by atoms with Gasteiger partial charge in [-0.25, -0.2) is 0 Å². The van der Waals surface area contributed by atoms with Gasteiger partial charge in [0.25, 0.3) is 0 Å².